The molecule has 3 nitrogen and oxygen atoms in total. The van der Waals surface area contributed by atoms with Crippen LogP contribution in [0.1, 0.15) is 29.3 Å². The molecule has 2 rings (SSSR count). The van der Waals surface area contributed by atoms with E-state index in [2.05, 4.69) is 0 Å². The van der Waals surface area contributed by atoms with Crippen LogP contribution in [0.2, 0.25) is 0 Å². The second kappa shape index (κ2) is 7.70. The number of alkyl halides is 1. The van der Waals surface area contributed by atoms with Crippen molar-refractivity contribution in [3.8, 4) is 5.75 Å². The number of rotatable bonds is 7. The van der Waals surface area contributed by atoms with E-state index in [0.717, 1.165) is 16.9 Å². The first kappa shape index (κ1) is 15.4. The second-order valence-electron chi connectivity index (χ2n) is 4.74. The molecule has 110 valence electrons. The molecule has 0 fully saturated rings. The summed E-state index contributed by atoms with van der Waals surface area (Å²) in [5, 5.41) is 8.37. The number of carbonyl (C=O) groups is 1. The summed E-state index contributed by atoms with van der Waals surface area (Å²) in [5.41, 5.74) is 2.02. The molecule has 1 N–H and O–H groups in total. The molecule has 0 saturated heterocycles. The molecule has 0 heterocycles. The number of benzene rings is 2. The summed E-state index contributed by atoms with van der Waals surface area (Å²) in [6.45, 7) is 0.517. The van der Waals surface area contributed by atoms with E-state index in [1.165, 1.54) is 0 Å². The summed E-state index contributed by atoms with van der Waals surface area (Å²) < 4.78 is 5.69. The van der Waals surface area contributed by atoms with Crippen LogP contribution in [-0.4, -0.2) is 11.1 Å². The molecule has 1 atom stereocenters. The van der Waals surface area contributed by atoms with Gasteiger partial charge in [0.25, 0.3) is 0 Å². The van der Waals surface area contributed by atoms with Gasteiger partial charge in [-0.1, -0.05) is 42.5 Å². The molecule has 2 aromatic carbocycles. The van der Waals surface area contributed by atoms with E-state index >= 15 is 0 Å². The number of hydrogen-bond acceptors (Lipinski definition) is 2. The second-order valence-corrected chi connectivity index (χ2v) is 5.27. The highest BCUT2D eigenvalue weighted by Crippen LogP contribution is 2.27. The van der Waals surface area contributed by atoms with Crippen LogP contribution < -0.4 is 4.74 Å². The van der Waals surface area contributed by atoms with Gasteiger partial charge in [0.15, 0.2) is 0 Å². The van der Waals surface area contributed by atoms with Gasteiger partial charge in [-0.3, -0.25) is 4.79 Å². The van der Waals surface area contributed by atoms with Crippen molar-refractivity contribution in [2.45, 2.75) is 24.8 Å². The van der Waals surface area contributed by atoms with E-state index in [4.69, 9.17) is 21.4 Å². The van der Waals surface area contributed by atoms with E-state index in [-0.39, 0.29) is 11.8 Å². The van der Waals surface area contributed by atoms with Crippen molar-refractivity contribution in [3.63, 3.8) is 0 Å². The first-order valence-electron chi connectivity index (χ1n) is 6.77. The van der Waals surface area contributed by atoms with Crippen molar-refractivity contribution in [2.75, 3.05) is 0 Å². The summed E-state index contributed by atoms with van der Waals surface area (Å²) in [4.78, 5) is 10.5. The number of carboxylic acids is 1. The van der Waals surface area contributed by atoms with Gasteiger partial charge in [0, 0.05) is 6.42 Å². The number of halogens is 1. The Bertz CT molecular complexity index is 566. The number of ether oxygens (including phenoxy) is 1. The first-order chi connectivity index (χ1) is 10.1. The molecular formula is C17H17ClO3. The van der Waals surface area contributed by atoms with E-state index in [1.807, 2.05) is 54.6 Å². The summed E-state index contributed by atoms with van der Waals surface area (Å²) >= 11 is 6.17. The Kier molecular flexibility index (Phi) is 5.64. The minimum Gasteiger partial charge on any atom is -0.489 e. The van der Waals surface area contributed by atoms with Gasteiger partial charge in [-0.05, 0) is 29.7 Å². The lowest BCUT2D eigenvalue weighted by molar-refractivity contribution is -0.137. The zero-order valence-corrected chi connectivity index (χ0v) is 12.3. The Balaban J connectivity index is 1.88. The third kappa shape index (κ3) is 5.12. The van der Waals surface area contributed by atoms with Crippen LogP contribution in [0.5, 0.6) is 5.75 Å². The number of hydrogen-bond donors (Lipinski definition) is 1. The fourth-order valence-corrected chi connectivity index (χ4v) is 2.19. The smallest absolute Gasteiger partial charge is 0.303 e. The Morgan fingerprint density at radius 1 is 1.10 bits per heavy atom. The fraction of sp³-hybridized carbons (Fsp3) is 0.235. The van der Waals surface area contributed by atoms with Gasteiger partial charge >= 0.3 is 5.97 Å². The SMILES string of the molecule is O=C(O)CCC(Cl)c1ccc(OCc2ccccc2)cc1. The average molecular weight is 305 g/mol. The van der Waals surface area contributed by atoms with Crippen molar-refractivity contribution >= 4 is 17.6 Å². The van der Waals surface area contributed by atoms with Gasteiger partial charge in [0.05, 0.1) is 5.38 Å². The van der Waals surface area contributed by atoms with E-state index < -0.39 is 5.97 Å². The zero-order chi connectivity index (χ0) is 15.1. The molecule has 0 radical (unpaired) electrons. The molecular weight excluding hydrogens is 288 g/mol. The standard InChI is InChI=1S/C17H17ClO3/c18-16(10-11-17(19)20)14-6-8-15(9-7-14)21-12-13-4-2-1-3-5-13/h1-9,16H,10-12H2,(H,19,20). The molecule has 21 heavy (non-hydrogen) atoms. The molecule has 0 bridgehead atoms. The summed E-state index contributed by atoms with van der Waals surface area (Å²) in [6.07, 6.45) is 0.488. The van der Waals surface area contributed by atoms with Crippen LogP contribution in [-0.2, 0) is 11.4 Å². The lowest BCUT2D eigenvalue weighted by Crippen LogP contribution is -1.99. The molecule has 0 aliphatic carbocycles. The Labute approximate surface area is 129 Å². The topological polar surface area (TPSA) is 46.5 Å². The monoisotopic (exact) mass is 304 g/mol. The summed E-state index contributed by atoms with van der Waals surface area (Å²) in [5.74, 6) is -0.0619. The molecule has 0 amide bonds. The summed E-state index contributed by atoms with van der Waals surface area (Å²) in [6, 6.07) is 17.4. The Morgan fingerprint density at radius 3 is 2.38 bits per heavy atom. The maximum absolute atomic E-state index is 10.5. The summed E-state index contributed by atoms with van der Waals surface area (Å²) in [7, 11) is 0. The quantitative estimate of drug-likeness (QED) is 0.771. The fourth-order valence-electron chi connectivity index (χ4n) is 1.93. The number of carboxylic acid groups (broad SMARTS) is 1. The van der Waals surface area contributed by atoms with Gasteiger partial charge in [-0.15, -0.1) is 11.6 Å². The van der Waals surface area contributed by atoms with Crippen molar-refractivity contribution in [2.24, 2.45) is 0 Å². The van der Waals surface area contributed by atoms with Crippen LogP contribution in [0.4, 0.5) is 0 Å². The van der Waals surface area contributed by atoms with Crippen molar-refractivity contribution in [1.29, 1.82) is 0 Å². The van der Waals surface area contributed by atoms with Crippen molar-refractivity contribution < 1.29 is 14.6 Å². The highest BCUT2D eigenvalue weighted by atomic mass is 35.5. The van der Waals surface area contributed by atoms with Gasteiger partial charge in [0.1, 0.15) is 12.4 Å². The Morgan fingerprint density at radius 2 is 1.76 bits per heavy atom. The van der Waals surface area contributed by atoms with E-state index in [0.29, 0.717) is 13.0 Å². The maximum atomic E-state index is 10.5. The minimum atomic E-state index is -0.830. The molecule has 1 unspecified atom stereocenters. The molecule has 0 aliphatic rings. The van der Waals surface area contributed by atoms with Crippen LogP contribution >= 0.6 is 11.6 Å². The van der Waals surface area contributed by atoms with Gasteiger partial charge < -0.3 is 9.84 Å². The van der Waals surface area contributed by atoms with Crippen molar-refractivity contribution in [1.82, 2.24) is 0 Å². The van der Waals surface area contributed by atoms with Crippen LogP contribution in [0, 0.1) is 0 Å². The number of aliphatic carboxylic acids is 1. The highest BCUT2D eigenvalue weighted by Gasteiger charge is 2.10. The van der Waals surface area contributed by atoms with Gasteiger partial charge in [0.2, 0.25) is 0 Å². The average Bonchev–Trinajstić information content (AvgIpc) is 2.52. The molecule has 0 aromatic heterocycles. The predicted octanol–water partition coefficient (Wildman–Crippen LogP) is 4.41. The van der Waals surface area contributed by atoms with Crippen LogP contribution in [0.15, 0.2) is 54.6 Å². The third-order valence-electron chi connectivity index (χ3n) is 3.10. The van der Waals surface area contributed by atoms with Crippen LogP contribution in [0.25, 0.3) is 0 Å². The highest BCUT2D eigenvalue weighted by molar-refractivity contribution is 6.20. The minimum absolute atomic E-state index is 0.0699. The van der Waals surface area contributed by atoms with Gasteiger partial charge in [-0.2, -0.15) is 0 Å². The largest absolute Gasteiger partial charge is 0.489 e. The van der Waals surface area contributed by atoms with E-state index in [1.54, 1.807) is 0 Å². The lowest BCUT2D eigenvalue weighted by atomic mass is 10.1. The molecule has 2 aromatic rings. The predicted molar refractivity (Wildman–Crippen MR) is 82.7 cm³/mol. The van der Waals surface area contributed by atoms with Crippen molar-refractivity contribution in [3.05, 3.63) is 65.7 Å². The normalized spacial score (nSPS) is 11.9. The first-order valence-corrected chi connectivity index (χ1v) is 7.21. The van der Waals surface area contributed by atoms with E-state index in [9.17, 15) is 4.79 Å². The van der Waals surface area contributed by atoms with Gasteiger partial charge in [-0.25, -0.2) is 0 Å². The van der Waals surface area contributed by atoms with Crippen LogP contribution in [0.3, 0.4) is 0 Å². The molecule has 0 aliphatic heterocycles. The Hall–Kier alpha value is -2.00. The molecule has 0 spiro atoms. The third-order valence-corrected chi connectivity index (χ3v) is 3.57. The molecule has 0 saturated carbocycles. The lowest BCUT2D eigenvalue weighted by Gasteiger charge is -2.10. The zero-order valence-electron chi connectivity index (χ0n) is 11.5. The maximum Gasteiger partial charge on any atom is 0.303 e. The molecule has 4 heteroatoms.